The second-order valence-electron chi connectivity index (χ2n) is 7.00. The van der Waals surface area contributed by atoms with Gasteiger partial charge in [0, 0.05) is 18.8 Å². The molecule has 30 heavy (non-hydrogen) atoms. The summed E-state index contributed by atoms with van der Waals surface area (Å²) in [7, 11) is 3.13. The number of aryl methyl sites for hydroxylation is 1. The highest BCUT2D eigenvalue weighted by Crippen LogP contribution is 2.17. The van der Waals surface area contributed by atoms with E-state index in [0.717, 1.165) is 16.9 Å². The van der Waals surface area contributed by atoms with Gasteiger partial charge in [0.15, 0.2) is 0 Å². The van der Waals surface area contributed by atoms with E-state index in [1.807, 2.05) is 37.3 Å². The fourth-order valence-corrected chi connectivity index (χ4v) is 3.50. The number of pyridine rings is 2. The lowest BCUT2D eigenvalue weighted by molar-refractivity contribution is -0.649. The molecule has 4 rings (SSSR count). The molecule has 8 heteroatoms. The molecule has 0 aliphatic rings. The molecular weight excluding hydrogens is 382 g/mol. The number of hydrogen-bond donors (Lipinski definition) is 2. The van der Waals surface area contributed by atoms with Gasteiger partial charge in [0.25, 0.3) is 17.1 Å². The summed E-state index contributed by atoms with van der Waals surface area (Å²) < 4.78 is 8.40. The van der Waals surface area contributed by atoms with Gasteiger partial charge in [-0.3, -0.25) is 14.0 Å². The van der Waals surface area contributed by atoms with Gasteiger partial charge in [-0.25, -0.2) is 4.57 Å². The molecule has 3 heterocycles. The Bertz CT molecular complexity index is 1340. The fourth-order valence-electron chi connectivity index (χ4n) is 3.50. The molecule has 3 N–H and O–H groups in total. The summed E-state index contributed by atoms with van der Waals surface area (Å²) in [5.74, 6) is 0.604. The molecular formula is C22H22N5O3+. The van der Waals surface area contributed by atoms with Crippen molar-refractivity contribution in [3.63, 3.8) is 0 Å². The molecule has 4 aromatic rings. The number of methoxy groups -OCH3 is 1. The van der Waals surface area contributed by atoms with Crippen molar-refractivity contribution >= 4 is 28.4 Å². The summed E-state index contributed by atoms with van der Waals surface area (Å²) in [6, 6.07) is 12.7. The van der Waals surface area contributed by atoms with Crippen LogP contribution in [0, 0.1) is 6.92 Å². The van der Waals surface area contributed by atoms with Gasteiger partial charge in [-0.15, -0.1) is 0 Å². The van der Waals surface area contributed by atoms with E-state index in [1.54, 1.807) is 23.9 Å². The van der Waals surface area contributed by atoms with E-state index in [4.69, 9.17) is 15.5 Å². The molecule has 1 aromatic carbocycles. The van der Waals surface area contributed by atoms with E-state index in [9.17, 15) is 9.59 Å². The summed E-state index contributed by atoms with van der Waals surface area (Å²) in [4.78, 5) is 30.4. The predicted molar refractivity (Wildman–Crippen MR) is 114 cm³/mol. The largest absolute Gasteiger partial charge is 0.497 e. The average molecular weight is 404 g/mol. The van der Waals surface area contributed by atoms with Crippen LogP contribution in [0.3, 0.4) is 0 Å². The van der Waals surface area contributed by atoms with Crippen LogP contribution in [0.15, 0.2) is 53.5 Å². The molecule has 0 bridgehead atoms. The second kappa shape index (κ2) is 7.47. The van der Waals surface area contributed by atoms with Crippen molar-refractivity contribution in [1.29, 1.82) is 0 Å². The van der Waals surface area contributed by atoms with Gasteiger partial charge in [0.05, 0.1) is 13.7 Å². The number of hydrogen-bond acceptors (Lipinski definition) is 5. The van der Waals surface area contributed by atoms with Crippen molar-refractivity contribution in [3.8, 4) is 5.75 Å². The molecule has 0 saturated carbocycles. The number of amides is 1. The maximum atomic E-state index is 13.2. The topological polar surface area (TPSA) is 103 Å². The molecule has 0 radical (unpaired) electrons. The third-order valence-corrected chi connectivity index (χ3v) is 5.15. The number of benzene rings is 1. The van der Waals surface area contributed by atoms with E-state index in [-0.39, 0.29) is 22.8 Å². The number of nitrogens with two attached hydrogens (primary N) is 1. The first-order valence-corrected chi connectivity index (χ1v) is 9.43. The van der Waals surface area contributed by atoms with Crippen molar-refractivity contribution in [2.45, 2.75) is 13.5 Å². The van der Waals surface area contributed by atoms with E-state index >= 15 is 0 Å². The molecule has 0 fully saturated rings. The van der Waals surface area contributed by atoms with Crippen LogP contribution in [0.2, 0.25) is 0 Å². The van der Waals surface area contributed by atoms with Crippen LogP contribution >= 0.6 is 0 Å². The monoisotopic (exact) mass is 404 g/mol. The van der Waals surface area contributed by atoms with Gasteiger partial charge in [-0.2, -0.15) is 0 Å². The lowest BCUT2D eigenvalue weighted by atomic mass is 10.1. The van der Waals surface area contributed by atoms with Crippen LogP contribution in [0.5, 0.6) is 5.75 Å². The van der Waals surface area contributed by atoms with Crippen molar-refractivity contribution in [3.05, 3.63) is 75.7 Å². The number of anilines is 1. The first-order chi connectivity index (χ1) is 14.4. The first kappa shape index (κ1) is 19.4. The molecule has 0 saturated heterocycles. The van der Waals surface area contributed by atoms with Gasteiger partial charge in [-0.1, -0.05) is 23.2 Å². The molecule has 1 amide bonds. The number of nitrogens with zero attached hydrogens (tertiary/aromatic N) is 3. The van der Waals surface area contributed by atoms with Crippen LogP contribution in [-0.2, 0) is 6.54 Å². The fraction of sp³-hybridized carbons (Fsp3) is 0.182. The minimum Gasteiger partial charge on any atom is -0.497 e. The summed E-state index contributed by atoms with van der Waals surface area (Å²) in [5.41, 5.74) is 9.12. The Hall–Kier alpha value is -3.94. The number of nitrogens with one attached hydrogen (secondary N) is 1. The number of fused-ring (bicyclic) bond motifs is 2. The average Bonchev–Trinajstić information content (AvgIpc) is 2.76. The normalized spacial score (nSPS) is 11.0. The Balaban J connectivity index is 2.05. The van der Waals surface area contributed by atoms with Crippen LogP contribution in [0.4, 0.5) is 5.82 Å². The lowest BCUT2D eigenvalue weighted by Gasteiger charge is -2.12. The van der Waals surface area contributed by atoms with E-state index in [1.165, 1.54) is 17.5 Å². The van der Waals surface area contributed by atoms with Crippen molar-refractivity contribution in [1.82, 2.24) is 14.7 Å². The van der Waals surface area contributed by atoms with E-state index in [0.29, 0.717) is 23.2 Å². The van der Waals surface area contributed by atoms with Crippen LogP contribution in [0.25, 0.3) is 16.7 Å². The molecule has 0 aliphatic heterocycles. The zero-order chi connectivity index (χ0) is 21.4. The van der Waals surface area contributed by atoms with Gasteiger partial charge < -0.3 is 15.8 Å². The minimum absolute atomic E-state index is 0.227. The van der Waals surface area contributed by atoms with Crippen LogP contribution in [-0.4, -0.2) is 29.4 Å². The maximum Gasteiger partial charge on any atom is 0.278 e. The molecule has 8 nitrogen and oxygen atoms in total. The maximum absolute atomic E-state index is 13.2. The number of rotatable bonds is 4. The van der Waals surface area contributed by atoms with Crippen LogP contribution < -0.4 is 25.9 Å². The number of ether oxygens (including phenoxy) is 1. The highest BCUT2D eigenvalue weighted by atomic mass is 16.5. The number of carbonyl (C=O) groups excluding carboxylic acids is 1. The molecule has 152 valence electrons. The number of aromatic nitrogens is 3. The van der Waals surface area contributed by atoms with Crippen molar-refractivity contribution in [2.24, 2.45) is 0 Å². The van der Waals surface area contributed by atoms with Crippen molar-refractivity contribution < 1.29 is 14.1 Å². The Kier molecular flexibility index (Phi) is 4.83. The highest BCUT2D eigenvalue weighted by Gasteiger charge is 2.24. The summed E-state index contributed by atoms with van der Waals surface area (Å²) in [5, 5.41) is 2.90. The van der Waals surface area contributed by atoms with Crippen LogP contribution in [0.1, 0.15) is 21.5 Å². The molecule has 0 aliphatic carbocycles. The minimum atomic E-state index is -0.369. The lowest BCUT2D eigenvalue weighted by Crippen LogP contribution is -2.43. The SMILES string of the molecule is CNC(=O)c1cc2c(=O)n3cccc(C)c3nc2[n+](Cc2ccc(OC)cc2)c1N. The zero-order valence-corrected chi connectivity index (χ0v) is 17.0. The van der Waals surface area contributed by atoms with Gasteiger partial charge in [-0.05, 0) is 36.8 Å². The quantitative estimate of drug-likeness (QED) is 0.396. The number of carbonyl (C=O) groups is 1. The van der Waals surface area contributed by atoms with E-state index < -0.39 is 0 Å². The van der Waals surface area contributed by atoms with E-state index in [2.05, 4.69) is 5.32 Å². The molecule has 0 atom stereocenters. The third kappa shape index (κ3) is 3.12. The molecule has 0 spiro atoms. The second-order valence-corrected chi connectivity index (χ2v) is 7.00. The summed E-state index contributed by atoms with van der Waals surface area (Å²) in [6.07, 6.45) is 1.67. The van der Waals surface area contributed by atoms with Crippen molar-refractivity contribution in [2.75, 3.05) is 19.9 Å². The standard InChI is InChI=1S/C22H21N5O3/c1-13-5-4-10-26-19(13)25-20-17(22(26)29)11-16(21(28)24-2)18(23)27(20)12-14-6-8-15(30-3)9-7-14/h4-11,23H,12H2,1-3H3,(H,24,28)/p+1. The molecule has 3 aromatic heterocycles. The highest BCUT2D eigenvalue weighted by molar-refractivity contribution is 6.00. The summed E-state index contributed by atoms with van der Waals surface area (Å²) in [6.45, 7) is 2.23. The Labute approximate surface area is 172 Å². The summed E-state index contributed by atoms with van der Waals surface area (Å²) >= 11 is 0. The van der Waals surface area contributed by atoms with Gasteiger partial charge >= 0.3 is 0 Å². The Morgan fingerprint density at radius 1 is 1.27 bits per heavy atom. The Morgan fingerprint density at radius 2 is 2.00 bits per heavy atom. The molecule has 0 unspecified atom stereocenters. The van der Waals surface area contributed by atoms with Gasteiger partial charge in [0.2, 0.25) is 11.5 Å². The first-order valence-electron chi connectivity index (χ1n) is 9.43. The third-order valence-electron chi connectivity index (χ3n) is 5.15. The predicted octanol–water partition coefficient (Wildman–Crippen LogP) is 1.44. The smallest absolute Gasteiger partial charge is 0.278 e. The Morgan fingerprint density at radius 3 is 2.67 bits per heavy atom. The zero-order valence-electron chi connectivity index (χ0n) is 17.0. The number of nitrogen functional groups attached to an aromatic ring is 1. The van der Waals surface area contributed by atoms with Gasteiger partial charge in [0.1, 0.15) is 16.7 Å².